The SMILES string of the molecule is Cc1cc(-c2n[nH]c(=S)n2CC(C)C)c2ccccc2n1. The molecule has 0 radical (unpaired) electrons. The van der Waals surface area contributed by atoms with Gasteiger partial charge in [-0.3, -0.25) is 14.6 Å². The van der Waals surface area contributed by atoms with E-state index in [1.807, 2.05) is 25.1 Å². The molecule has 1 N–H and O–H groups in total. The molecule has 0 aliphatic rings. The summed E-state index contributed by atoms with van der Waals surface area (Å²) >= 11 is 5.38. The first kappa shape index (κ1) is 13.9. The van der Waals surface area contributed by atoms with Gasteiger partial charge in [-0.05, 0) is 37.2 Å². The van der Waals surface area contributed by atoms with Gasteiger partial charge in [0.25, 0.3) is 0 Å². The van der Waals surface area contributed by atoms with E-state index in [0.29, 0.717) is 10.7 Å². The van der Waals surface area contributed by atoms with E-state index in [0.717, 1.165) is 34.5 Å². The molecule has 0 spiro atoms. The lowest BCUT2D eigenvalue weighted by Gasteiger charge is -2.11. The van der Waals surface area contributed by atoms with Crippen molar-refractivity contribution in [2.45, 2.75) is 27.3 Å². The highest BCUT2D eigenvalue weighted by atomic mass is 32.1. The monoisotopic (exact) mass is 298 g/mol. The van der Waals surface area contributed by atoms with Crippen molar-refractivity contribution in [2.24, 2.45) is 5.92 Å². The van der Waals surface area contributed by atoms with Crippen LogP contribution < -0.4 is 0 Å². The minimum absolute atomic E-state index is 0.502. The molecule has 0 fully saturated rings. The lowest BCUT2D eigenvalue weighted by Crippen LogP contribution is -2.07. The van der Waals surface area contributed by atoms with Gasteiger partial charge in [-0.15, -0.1) is 0 Å². The maximum Gasteiger partial charge on any atom is 0.195 e. The van der Waals surface area contributed by atoms with Crippen molar-refractivity contribution in [2.75, 3.05) is 0 Å². The smallest absolute Gasteiger partial charge is 0.195 e. The lowest BCUT2D eigenvalue weighted by molar-refractivity contribution is 0.521. The summed E-state index contributed by atoms with van der Waals surface area (Å²) in [5.74, 6) is 1.39. The number of aryl methyl sites for hydroxylation is 1. The number of aromatic nitrogens is 4. The number of benzene rings is 1. The highest BCUT2D eigenvalue weighted by Crippen LogP contribution is 2.27. The predicted molar refractivity (Wildman–Crippen MR) is 87.7 cm³/mol. The summed E-state index contributed by atoms with van der Waals surface area (Å²) < 4.78 is 2.73. The number of aromatic amines is 1. The van der Waals surface area contributed by atoms with E-state index in [-0.39, 0.29) is 0 Å². The average molecular weight is 298 g/mol. The van der Waals surface area contributed by atoms with Gasteiger partial charge in [-0.2, -0.15) is 5.10 Å². The van der Waals surface area contributed by atoms with E-state index in [2.05, 4.69) is 45.7 Å². The molecule has 1 aromatic carbocycles. The largest absolute Gasteiger partial charge is 0.300 e. The van der Waals surface area contributed by atoms with Crippen molar-refractivity contribution in [3.8, 4) is 11.4 Å². The van der Waals surface area contributed by atoms with Crippen LogP contribution in [0.4, 0.5) is 0 Å². The second kappa shape index (κ2) is 5.41. The quantitative estimate of drug-likeness (QED) is 0.740. The fourth-order valence-electron chi connectivity index (χ4n) is 2.55. The standard InChI is InChI=1S/C16H18N4S/c1-10(2)9-20-15(18-19-16(20)21)13-8-11(3)17-14-7-5-4-6-12(13)14/h4-8,10H,9H2,1-3H3,(H,19,21). The molecule has 21 heavy (non-hydrogen) atoms. The van der Waals surface area contributed by atoms with Gasteiger partial charge in [0.2, 0.25) is 0 Å². The Balaban J connectivity index is 2.28. The number of fused-ring (bicyclic) bond motifs is 1. The summed E-state index contributed by atoms with van der Waals surface area (Å²) in [5, 5.41) is 8.47. The van der Waals surface area contributed by atoms with E-state index in [9.17, 15) is 0 Å². The van der Waals surface area contributed by atoms with Crippen LogP contribution in [0.15, 0.2) is 30.3 Å². The number of nitrogens with zero attached hydrogens (tertiary/aromatic N) is 3. The Hall–Kier alpha value is -2.01. The van der Waals surface area contributed by atoms with Crippen LogP contribution in [-0.4, -0.2) is 19.7 Å². The first-order valence-electron chi connectivity index (χ1n) is 7.08. The van der Waals surface area contributed by atoms with Crippen molar-refractivity contribution in [3.63, 3.8) is 0 Å². The highest BCUT2D eigenvalue weighted by molar-refractivity contribution is 7.71. The lowest BCUT2D eigenvalue weighted by atomic mass is 10.1. The van der Waals surface area contributed by atoms with Crippen molar-refractivity contribution in [1.29, 1.82) is 0 Å². The summed E-state index contributed by atoms with van der Waals surface area (Å²) in [6.45, 7) is 7.20. The molecular weight excluding hydrogens is 280 g/mol. The molecule has 0 aliphatic carbocycles. The number of hydrogen-bond acceptors (Lipinski definition) is 3. The number of nitrogens with one attached hydrogen (secondary N) is 1. The van der Waals surface area contributed by atoms with Gasteiger partial charge in [0.05, 0.1) is 5.52 Å². The van der Waals surface area contributed by atoms with Crippen LogP contribution in [0.3, 0.4) is 0 Å². The number of pyridine rings is 1. The van der Waals surface area contributed by atoms with E-state index in [4.69, 9.17) is 12.2 Å². The summed E-state index contributed by atoms with van der Waals surface area (Å²) in [5.41, 5.74) is 3.04. The van der Waals surface area contributed by atoms with Crippen molar-refractivity contribution in [1.82, 2.24) is 19.7 Å². The molecule has 3 aromatic rings. The molecule has 2 aromatic heterocycles. The molecule has 0 bridgehead atoms. The predicted octanol–water partition coefficient (Wildman–Crippen LogP) is 4.12. The average Bonchev–Trinajstić information content (AvgIpc) is 2.78. The third kappa shape index (κ3) is 2.61. The maximum absolute atomic E-state index is 5.38. The molecule has 2 heterocycles. The molecule has 0 amide bonds. The Kier molecular flexibility index (Phi) is 3.59. The van der Waals surface area contributed by atoms with Crippen LogP contribution in [0.1, 0.15) is 19.5 Å². The zero-order valence-electron chi connectivity index (χ0n) is 12.4. The molecule has 0 saturated heterocycles. The second-order valence-corrected chi connectivity index (χ2v) is 6.07. The van der Waals surface area contributed by atoms with Crippen LogP contribution in [0.2, 0.25) is 0 Å². The Labute approximate surface area is 128 Å². The molecule has 3 rings (SSSR count). The summed E-state index contributed by atoms with van der Waals surface area (Å²) in [6.07, 6.45) is 0. The zero-order chi connectivity index (χ0) is 15.0. The third-order valence-electron chi connectivity index (χ3n) is 3.39. The van der Waals surface area contributed by atoms with Crippen molar-refractivity contribution < 1.29 is 0 Å². The van der Waals surface area contributed by atoms with Crippen molar-refractivity contribution >= 4 is 23.1 Å². The Morgan fingerprint density at radius 2 is 2.05 bits per heavy atom. The third-order valence-corrected chi connectivity index (χ3v) is 3.70. The zero-order valence-corrected chi connectivity index (χ0v) is 13.2. The molecule has 0 saturated carbocycles. The number of hydrogen-bond donors (Lipinski definition) is 1. The normalized spacial score (nSPS) is 11.4. The minimum Gasteiger partial charge on any atom is -0.300 e. The fourth-order valence-corrected chi connectivity index (χ4v) is 2.76. The van der Waals surface area contributed by atoms with Gasteiger partial charge < -0.3 is 0 Å². The Bertz CT molecular complexity index is 845. The van der Waals surface area contributed by atoms with Crippen LogP contribution in [0, 0.1) is 17.6 Å². The van der Waals surface area contributed by atoms with Gasteiger partial charge in [0.1, 0.15) is 0 Å². The van der Waals surface area contributed by atoms with Gasteiger partial charge in [0, 0.05) is 23.2 Å². The van der Waals surface area contributed by atoms with E-state index >= 15 is 0 Å². The van der Waals surface area contributed by atoms with Gasteiger partial charge in [-0.1, -0.05) is 32.0 Å². The first-order chi connectivity index (χ1) is 10.1. The summed E-state index contributed by atoms with van der Waals surface area (Å²) in [7, 11) is 0. The molecule has 0 atom stereocenters. The molecular formula is C16H18N4S. The van der Waals surface area contributed by atoms with Crippen LogP contribution >= 0.6 is 12.2 Å². The fraction of sp³-hybridized carbons (Fsp3) is 0.312. The molecule has 4 nitrogen and oxygen atoms in total. The summed E-state index contributed by atoms with van der Waals surface area (Å²) in [4.78, 5) is 4.59. The minimum atomic E-state index is 0.502. The maximum atomic E-state index is 5.38. The van der Waals surface area contributed by atoms with Gasteiger partial charge >= 0.3 is 0 Å². The molecule has 0 unspecified atom stereocenters. The Morgan fingerprint density at radius 3 is 2.81 bits per heavy atom. The number of H-pyrrole nitrogens is 1. The summed E-state index contributed by atoms with van der Waals surface area (Å²) in [6, 6.07) is 10.2. The molecule has 108 valence electrons. The van der Waals surface area contributed by atoms with Crippen LogP contribution in [-0.2, 0) is 6.54 Å². The molecule has 0 aliphatic heterocycles. The van der Waals surface area contributed by atoms with E-state index < -0.39 is 0 Å². The topological polar surface area (TPSA) is 46.5 Å². The first-order valence-corrected chi connectivity index (χ1v) is 7.49. The van der Waals surface area contributed by atoms with Gasteiger partial charge in [0.15, 0.2) is 10.6 Å². The van der Waals surface area contributed by atoms with Crippen LogP contribution in [0.25, 0.3) is 22.3 Å². The molecule has 5 heteroatoms. The second-order valence-electron chi connectivity index (χ2n) is 5.69. The number of rotatable bonds is 3. The Morgan fingerprint density at radius 1 is 1.29 bits per heavy atom. The highest BCUT2D eigenvalue weighted by Gasteiger charge is 2.14. The van der Waals surface area contributed by atoms with Crippen LogP contribution in [0.5, 0.6) is 0 Å². The van der Waals surface area contributed by atoms with Crippen molar-refractivity contribution in [3.05, 3.63) is 40.8 Å². The van der Waals surface area contributed by atoms with E-state index in [1.165, 1.54) is 0 Å². The van der Waals surface area contributed by atoms with E-state index in [1.54, 1.807) is 0 Å². The van der Waals surface area contributed by atoms with Gasteiger partial charge in [-0.25, -0.2) is 0 Å². The number of para-hydroxylation sites is 1.